The molecule has 1 N–H and O–H groups in total. The van der Waals surface area contributed by atoms with Crippen molar-refractivity contribution in [3.63, 3.8) is 0 Å². The Morgan fingerprint density at radius 2 is 1.79 bits per heavy atom. The first-order valence-corrected chi connectivity index (χ1v) is 12.4. The Balaban J connectivity index is 1.37. The molecule has 0 aromatic heterocycles. The number of amides is 3. The number of carbonyl (C=O) groups is 3. The van der Waals surface area contributed by atoms with E-state index in [-0.39, 0.29) is 29.0 Å². The number of carbonyl (C=O) groups excluding carboxylic acids is 3. The minimum absolute atomic E-state index is 0.0250. The van der Waals surface area contributed by atoms with E-state index in [2.05, 4.69) is 4.90 Å². The molecular weight excluding hydrogens is 489 g/mol. The van der Waals surface area contributed by atoms with E-state index in [4.69, 9.17) is 16.3 Å². The molecule has 2 aromatic carbocycles. The van der Waals surface area contributed by atoms with Gasteiger partial charge in [-0.05, 0) is 46.2 Å². The molecule has 1 atom stereocenters. The minimum Gasteiger partial charge on any atom is -0.488 e. The number of fused-ring (bicyclic) bond motifs is 1. The third-order valence-electron chi connectivity index (χ3n) is 6.63. The molecule has 202 valence electrons. The highest BCUT2D eigenvalue weighted by Crippen LogP contribution is 2.34. The van der Waals surface area contributed by atoms with Gasteiger partial charge in [-0.25, -0.2) is 4.39 Å². The molecule has 0 spiro atoms. The van der Waals surface area contributed by atoms with Gasteiger partial charge < -0.3 is 14.4 Å². The lowest BCUT2D eigenvalue weighted by atomic mass is 9.98. The van der Waals surface area contributed by atoms with Crippen molar-refractivity contribution < 1.29 is 35.1 Å². The monoisotopic (exact) mass is 528 g/mol. The van der Waals surface area contributed by atoms with Gasteiger partial charge in [0.15, 0.2) is 0 Å². The van der Waals surface area contributed by atoms with E-state index in [1.165, 1.54) is 18.2 Å². The molecule has 9 heteroatoms. The Morgan fingerprint density at radius 1 is 1.11 bits per heavy atom. The van der Waals surface area contributed by atoms with Crippen molar-refractivity contribution in [1.82, 2.24) is 15.1 Å². The number of rotatable bonds is 6. The summed E-state index contributed by atoms with van der Waals surface area (Å²) in [5.74, 6) is -4.14. The number of nitrogens with zero attached hydrogens (tertiary/aromatic N) is 2. The van der Waals surface area contributed by atoms with Crippen LogP contribution in [0, 0.1) is 5.82 Å². The van der Waals surface area contributed by atoms with Gasteiger partial charge in [-0.2, -0.15) is 0 Å². The third-order valence-corrected chi connectivity index (χ3v) is 6.63. The molecule has 38 heavy (non-hydrogen) atoms. The number of benzene rings is 2. The van der Waals surface area contributed by atoms with E-state index in [0.29, 0.717) is 30.1 Å². The summed E-state index contributed by atoms with van der Waals surface area (Å²) >= 11 is 0. The number of piperidine rings is 1. The van der Waals surface area contributed by atoms with E-state index in [1.807, 2.05) is 27.7 Å². The Morgan fingerprint density at radius 3 is 2.53 bits per heavy atom. The summed E-state index contributed by atoms with van der Waals surface area (Å²) in [4.78, 5) is 40.9. The topological polar surface area (TPSA) is 88.2 Å². The van der Waals surface area contributed by atoms with Crippen LogP contribution in [0.5, 0.6) is 5.75 Å². The number of hydrogen-bond donors (Lipinski definition) is 1. The Labute approximate surface area is 229 Å². The predicted molar refractivity (Wildman–Crippen MR) is 138 cm³/mol. The second-order valence-electron chi connectivity index (χ2n) is 11.0. The number of hydrogen-bond acceptors (Lipinski definition) is 6. The standard InChI is InChI=1S/C29H34FN3O5/c1-28(2)16-32(17-29(3,4)38-28)13-18-7-5-8-19(25(18)30)15-37-23-10-6-9-20-21(23)14-33(27(20)36)22-11-12-24(34)31-26(22)35/h5-10,22H,11-17H2,1-4H3,(H,31,34,35)/i11D2,12D2,22D. The second kappa shape index (κ2) is 9.78. The average Bonchev–Trinajstić information content (AvgIpc) is 3.23. The van der Waals surface area contributed by atoms with Crippen LogP contribution in [0.2, 0.25) is 0 Å². The third kappa shape index (κ3) is 5.31. The molecule has 3 aliphatic heterocycles. The largest absolute Gasteiger partial charge is 0.488 e. The van der Waals surface area contributed by atoms with Crippen molar-refractivity contribution in [3.8, 4) is 5.75 Å². The van der Waals surface area contributed by atoms with Crippen molar-refractivity contribution in [3.05, 3.63) is 64.5 Å². The maximum atomic E-state index is 15.7. The van der Waals surface area contributed by atoms with E-state index >= 15 is 4.39 Å². The summed E-state index contributed by atoms with van der Waals surface area (Å²) in [5, 5.41) is 1.69. The summed E-state index contributed by atoms with van der Waals surface area (Å²) < 4.78 is 68.9. The van der Waals surface area contributed by atoms with E-state index < -0.39 is 60.0 Å². The van der Waals surface area contributed by atoms with E-state index in [1.54, 1.807) is 23.5 Å². The maximum Gasteiger partial charge on any atom is 0.255 e. The Kier molecular flexibility index (Phi) is 5.31. The Hall–Kier alpha value is -3.30. The molecule has 3 amide bonds. The van der Waals surface area contributed by atoms with Crippen molar-refractivity contribution in [2.45, 2.75) is 77.4 Å². The molecule has 5 rings (SSSR count). The second-order valence-corrected chi connectivity index (χ2v) is 11.0. The average molecular weight is 529 g/mol. The molecule has 2 aromatic rings. The quantitative estimate of drug-likeness (QED) is 0.577. The molecule has 2 saturated heterocycles. The fourth-order valence-corrected chi connectivity index (χ4v) is 5.50. The number of ether oxygens (including phenoxy) is 2. The van der Waals surface area contributed by atoms with Crippen LogP contribution < -0.4 is 10.1 Å². The van der Waals surface area contributed by atoms with Crippen LogP contribution in [0.4, 0.5) is 4.39 Å². The first-order chi connectivity index (χ1) is 19.8. The number of imide groups is 1. The van der Waals surface area contributed by atoms with Crippen LogP contribution in [0.15, 0.2) is 36.4 Å². The lowest BCUT2D eigenvalue weighted by molar-refractivity contribution is -0.182. The fourth-order valence-electron chi connectivity index (χ4n) is 5.50. The molecule has 0 bridgehead atoms. The van der Waals surface area contributed by atoms with Crippen LogP contribution in [-0.2, 0) is 34.0 Å². The molecule has 3 aliphatic rings. The number of morpholine rings is 1. The normalized spacial score (nSPS) is 29.3. The van der Waals surface area contributed by atoms with Gasteiger partial charge in [0.25, 0.3) is 5.91 Å². The van der Waals surface area contributed by atoms with Gasteiger partial charge in [0, 0.05) is 53.7 Å². The summed E-state index contributed by atoms with van der Waals surface area (Å²) in [7, 11) is 0. The molecule has 3 heterocycles. The molecular formula is C29H34FN3O5. The van der Waals surface area contributed by atoms with Crippen LogP contribution in [-0.4, -0.2) is 57.8 Å². The van der Waals surface area contributed by atoms with E-state index in [0.717, 1.165) is 0 Å². The van der Waals surface area contributed by atoms with Crippen LogP contribution in [0.3, 0.4) is 0 Å². The van der Waals surface area contributed by atoms with Crippen LogP contribution >= 0.6 is 0 Å². The first-order valence-electron chi connectivity index (χ1n) is 14.9. The summed E-state index contributed by atoms with van der Waals surface area (Å²) in [5.41, 5.74) is 0.221. The fraction of sp³-hybridized carbons (Fsp3) is 0.483. The zero-order valence-corrected chi connectivity index (χ0v) is 21.8. The summed E-state index contributed by atoms with van der Waals surface area (Å²) in [6.07, 6.45) is -6.65. The van der Waals surface area contributed by atoms with Gasteiger partial charge in [-0.3, -0.25) is 24.6 Å². The summed E-state index contributed by atoms with van der Waals surface area (Å²) in [6.45, 7) is 8.95. The maximum absolute atomic E-state index is 15.7. The first kappa shape index (κ1) is 20.6. The van der Waals surface area contributed by atoms with Crippen molar-refractivity contribution in [2.75, 3.05) is 13.1 Å². The highest BCUT2D eigenvalue weighted by atomic mass is 19.1. The SMILES string of the molecule is [2H]C1([2H])C(=O)NC(=O)C([2H])(N2Cc3c(OCc4cccc(CN5CC(C)(C)OC(C)(C)C5)c4F)cccc3C2=O)C1([2H])[2H]. The highest BCUT2D eigenvalue weighted by Gasteiger charge is 2.40. The number of nitrogens with one attached hydrogen (secondary N) is 1. The van der Waals surface area contributed by atoms with Crippen molar-refractivity contribution in [2.24, 2.45) is 0 Å². The zero-order valence-electron chi connectivity index (χ0n) is 26.8. The van der Waals surface area contributed by atoms with Crippen molar-refractivity contribution in [1.29, 1.82) is 0 Å². The van der Waals surface area contributed by atoms with Gasteiger partial charge in [-0.15, -0.1) is 0 Å². The Bertz CT molecular complexity index is 1500. The number of halogens is 1. The lowest BCUT2D eigenvalue weighted by Gasteiger charge is -2.47. The predicted octanol–water partition coefficient (Wildman–Crippen LogP) is 3.56. The minimum atomic E-state index is -3.38. The van der Waals surface area contributed by atoms with Crippen molar-refractivity contribution >= 4 is 17.7 Å². The molecule has 0 saturated carbocycles. The van der Waals surface area contributed by atoms with Gasteiger partial charge in [0.05, 0.1) is 19.1 Å². The van der Waals surface area contributed by atoms with Crippen LogP contribution in [0.1, 0.15) is 74.3 Å². The van der Waals surface area contributed by atoms with Gasteiger partial charge in [-0.1, -0.05) is 24.3 Å². The zero-order chi connectivity index (χ0) is 31.8. The molecule has 2 fully saturated rings. The smallest absolute Gasteiger partial charge is 0.255 e. The highest BCUT2D eigenvalue weighted by molar-refractivity contribution is 6.05. The van der Waals surface area contributed by atoms with Gasteiger partial charge in [0.2, 0.25) is 11.8 Å². The van der Waals surface area contributed by atoms with Gasteiger partial charge in [0.1, 0.15) is 24.2 Å². The summed E-state index contributed by atoms with van der Waals surface area (Å²) in [6, 6.07) is 6.38. The lowest BCUT2D eigenvalue weighted by Crippen LogP contribution is -2.56. The van der Waals surface area contributed by atoms with Crippen LogP contribution in [0.25, 0.3) is 0 Å². The molecule has 0 radical (unpaired) electrons. The molecule has 8 nitrogen and oxygen atoms in total. The van der Waals surface area contributed by atoms with Gasteiger partial charge >= 0.3 is 0 Å². The molecule has 0 aliphatic carbocycles. The van der Waals surface area contributed by atoms with E-state index in [9.17, 15) is 14.4 Å². The molecule has 1 unspecified atom stereocenters.